The smallest absolute Gasteiger partial charge is 0.308 e. The molecule has 3 aromatic rings. The lowest BCUT2D eigenvalue weighted by atomic mass is 10.0. The zero-order chi connectivity index (χ0) is 25.5. The number of esters is 1. The van der Waals surface area contributed by atoms with Gasteiger partial charge in [-0.1, -0.05) is 26.0 Å². The summed E-state index contributed by atoms with van der Waals surface area (Å²) in [6, 6.07) is 14.3. The molecule has 2 aromatic carbocycles. The molecule has 0 saturated heterocycles. The number of rotatable bonds is 10. The van der Waals surface area contributed by atoms with Gasteiger partial charge in [-0.3, -0.25) is 4.79 Å². The highest BCUT2D eigenvalue weighted by Gasteiger charge is 2.22. The van der Waals surface area contributed by atoms with E-state index < -0.39 is 18.2 Å². The van der Waals surface area contributed by atoms with E-state index in [2.05, 4.69) is 10.8 Å². The molecule has 0 radical (unpaired) electrons. The molecule has 0 spiro atoms. The molecule has 1 heterocycles. The number of hydrogen-bond acceptors (Lipinski definition) is 6. The lowest BCUT2D eigenvalue weighted by Gasteiger charge is -2.14. The summed E-state index contributed by atoms with van der Waals surface area (Å²) in [6.07, 6.45) is 3.04. The number of aliphatic hydroxyl groups is 2. The molecule has 0 fully saturated rings. The summed E-state index contributed by atoms with van der Waals surface area (Å²) in [5.74, 6) is -0.0488. The minimum Gasteiger partial charge on any atom is -0.469 e. The lowest BCUT2D eigenvalue weighted by molar-refractivity contribution is -0.143. The standard InChI is InChI=1S/C27H31FN2O4S/c1-17(2)27-29-25(19-6-5-7-23(14-19)35-4)26(18-8-10-20(28)11-9-18)30(27)13-12-21(31)15-22(32)16-24(33)34-3/h5-14,17,21-22,31-32H,15-16H2,1-4H3/b13-12+. The first-order valence-electron chi connectivity index (χ1n) is 11.4. The van der Waals surface area contributed by atoms with Crippen molar-refractivity contribution in [1.82, 2.24) is 9.55 Å². The number of imidazole rings is 1. The Morgan fingerprint density at radius 3 is 2.51 bits per heavy atom. The second-order valence-corrected chi connectivity index (χ2v) is 9.39. The van der Waals surface area contributed by atoms with Crippen molar-refractivity contribution >= 4 is 23.9 Å². The molecule has 186 valence electrons. The molecule has 0 aliphatic heterocycles. The van der Waals surface area contributed by atoms with E-state index in [1.807, 2.05) is 42.9 Å². The third-order valence-corrected chi connectivity index (χ3v) is 6.24. The summed E-state index contributed by atoms with van der Waals surface area (Å²) < 4.78 is 20.2. The number of benzene rings is 2. The maximum Gasteiger partial charge on any atom is 0.308 e. The fourth-order valence-electron chi connectivity index (χ4n) is 3.77. The van der Waals surface area contributed by atoms with Crippen LogP contribution in [-0.4, -0.2) is 51.3 Å². The van der Waals surface area contributed by atoms with Gasteiger partial charge in [0.1, 0.15) is 11.6 Å². The predicted molar refractivity (Wildman–Crippen MR) is 138 cm³/mol. The van der Waals surface area contributed by atoms with Crippen LogP contribution in [0.2, 0.25) is 0 Å². The minimum absolute atomic E-state index is 0.0220. The van der Waals surface area contributed by atoms with Gasteiger partial charge in [-0.25, -0.2) is 9.37 Å². The summed E-state index contributed by atoms with van der Waals surface area (Å²) in [6.45, 7) is 4.06. The molecule has 2 unspecified atom stereocenters. The molecule has 2 N–H and O–H groups in total. The zero-order valence-electron chi connectivity index (χ0n) is 20.3. The van der Waals surface area contributed by atoms with Crippen LogP contribution < -0.4 is 0 Å². The van der Waals surface area contributed by atoms with Crippen molar-refractivity contribution < 1.29 is 24.1 Å². The average Bonchev–Trinajstić information content (AvgIpc) is 3.23. The molecule has 3 rings (SSSR count). The molecular weight excluding hydrogens is 467 g/mol. The van der Waals surface area contributed by atoms with Crippen molar-refractivity contribution in [3.8, 4) is 22.5 Å². The second-order valence-electron chi connectivity index (χ2n) is 8.51. The number of carbonyl (C=O) groups excluding carboxylic acids is 1. The van der Waals surface area contributed by atoms with Gasteiger partial charge in [-0.15, -0.1) is 11.8 Å². The van der Waals surface area contributed by atoms with E-state index in [9.17, 15) is 19.4 Å². The monoisotopic (exact) mass is 498 g/mol. The molecule has 0 amide bonds. The summed E-state index contributed by atoms with van der Waals surface area (Å²) in [5.41, 5.74) is 3.23. The first kappa shape index (κ1) is 26.7. The van der Waals surface area contributed by atoms with Gasteiger partial charge in [-0.2, -0.15) is 0 Å². The van der Waals surface area contributed by atoms with E-state index in [4.69, 9.17) is 4.98 Å². The largest absolute Gasteiger partial charge is 0.469 e. The predicted octanol–water partition coefficient (Wildman–Crippen LogP) is 5.35. The minimum atomic E-state index is -1.03. The first-order valence-corrected chi connectivity index (χ1v) is 12.6. The van der Waals surface area contributed by atoms with Crippen LogP contribution in [0.15, 0.2) is 59.5 Å². The van der Waals surface area contributed by atoms with E-state index in [1.54, 1.807) is 36.2 Å². The summed E-state index contributed by atoms with van der Waals surface area (Å²) >= 11 is 1.64. The van der Waals surface area contributed by atoms with Crippen molar-refractivity contribution in [2.24, 2.45) is 0 Å². The van der Waals surface area contributed by atoms with Gasteiger partial charge in [0.25, 0.3) is 0 Å². The highest BCUT2D eigenvalue weighted by molar-refractivity contribution is 7.98. The quantitative estimate of drug-likeness (QED) is 0.290. The molecule has 1 aromatic heterocycles. The van der Waals surface area contributed by atoms with E-state index in [0.29, 0.717) is 0 Å². The number of hydrogen-bond donors (Lipinski definition) is 2. The number of carbonyl (C=O) groups is 1. The molecule has 0 aliphatic rings. The molecule has 0 saturated carbocycles. The van der Waals surface area contributed by atoms with Gasteiger partial charge < -0.3 is 19.5 Å². The lowest BCUT2D eigenvalue weighted by Crippen LogP contribution is -2.20. The molecule has 0 aliphatic carbocycles. The van der Waals surface area contributed by atoms with Gasteiger partial charge in [0.05, 0.1) is 37.1 Å². The van der Waals surface area contributed by atoms with Crippen LogP contribution in [0.3, 0.4) is 0 Å². The van der Waals surface area contributed by atoms with Crippen molar-refractivity contribution in [1.29, 1.82) is 0 Å². The van der Waals surface area contributed by atoms with Gasteiger partial charge >= 0.3 is 5.97 Å². The fraction of sp³-hybridized carbons (Fsp3) is 0.333. The molecule has 8 heteroatoms. The van der Waals surface area contributed by atoms with Crippen LogP contribution in [0.4, 0.5) is 4.39 Å². The van der Waals surface area contributed by atoms with Crippen LogP contribution in [0.5, 0.6) is 0 Å². The highest BCUT2D eigenvalue weighted by atomic mass is 32.2. The number of nitrogens with zero attached hydrogens (tertiary/aromatic N) is 2. The molecule has 6 nitrogen and oxygen atoms in total. The van der Waals surface area contributed by atoms with Crippen LogP contribution in [0.25, 0.3) is 28.7 Å². The third kappa shape index (κ3) is 6.81. The Bertz CT molecular complexity index is 1170. The number of thioether (sulfide) groups is 1. The van der Waals surface area contributed by atoms with E-state index in [1.165, 1.54) is 19.2 Å². The Balaban J connectivity index is 2.08. The Labute approximate surface area is 209 Å². The number of aliphatic hydroxyl groups excluding tert-OH is 2. The van der Waals surface area contributed by atoms with Crippen molar-refractivity contribution in [2.45, 2.75) is 49.7 Å². The van der Waals surface area contributed by atoms with Crippen molar-refractivity contribution in [3.63, 3.8) is 0 Å². The average molecular weight is 499 g/mol. The Morgan fingerprint density at radius 1 is 1.17 bits per heavy atom. The van der Waals surface area contributed by atoms with E-state index in [0.717, 1.165) is 33.2 Å². The Kier molecular flexibility index (Phi) is 9.26. The van der Waals surface area contributed by atoms with Crippen LogP contribution in [0.1, 0.15) is 38.4 Å². The normalized spacial score (nSPS) is 13.4. The molecular formula is C27H31FN2O4S. The van der Waals surface area contributed by atoms with Gasteiger partial charge in [0.15, 0.2) is 0 Å². The topological polar surface area (TPSA) is 84.6 Å². The van der Waals surface area contributed by atoms with E-state index >= 15 is 0 Å². The Hall–Kier alpha value is -2.94. The molecule has 0 bridgehead atoms. The number of methoxy groups -OCH3 is 1. The highest BCUT2D eigenvalue weighted by Crippen LogP contribution is 2.36. The number of ether oxygens (including phenoxy) is 1. The maximum absolute atomic E-state index is 13.7. The van der Waals surface area contributed by atoms with Crippen LogP contribution >= 0.6 is 11.8 Å². The maximum atomic E-state index is 13.7. The zero-order valence-corrected chi connectivity index (χ0v) is 21.1. The molecule has 35 heavy (non-hydrogen) atoms. The van der Waals surface area contributed by atoms with Gasteiger partial charge in [-0.05, 0) is 48.7 Å². The molecule has 2 atom stereocenters. The Morgan fingerprint density at radius 2 is 1.89 bits per heavy atom. The third-order valence-electron chi connectivity index (χ3n) is 5.52. The summed E-state index contributed by atoms with van der Waals surface area (Å²) in [4.78, 5) is 17.4. The number of halogens is 1. The van der Waals surface area contributed by atoms with Gasteiger partial charge in [0.2, 0.25) is 0 Å². The fourth-order valence-corrected chi connectivity index (χ4v) is 4.22. The SMILES string of the molecule is COC(=O)CC(O)CC(O)/C=C/n1c(C(C)C)nc(-c2cccc(SC)c2)c1-c1ccc(F)cc1. The van der Waals surface area contributed by atoms with Crippen molar-refractivity contribution in [3.05, 3.63) is 66.2 Å². The van der Waals surface area contributed by atoms with Crippen LogP contribution in [-0.2, 0) is 9.53 Å². The van der Waals surface area contributed by atoms with Crippen LogP contribution in [0, 0.1) is 5.82 Å². The van der Waals surface area contributed by atoms with Gasteiger partial charge in [0, 0.05) is 34.6 Å². The number of aromatic nitrogens is 2. The summed E-state index contributed by atoms with van der Waals surface area (Å²) in [7, 11) is 1.25. The second kappa shape index (κ2) is 12.2. The van der Waals surface area contributed by atoms with Crippen molar-refractivity contribution in [2.75, 3.05) is 13.4 Å². The van der Waals surface area contributed by atoms with E-state index in [-0.39, 0.29) is 24.6 Å². The summed E-state index contributed by atoms with van der Waals surface area (Å²) in [5, 5.41) is 20.6. The first-order chi connectivity index (χ1) is 16.7.